The van der Waals surface area contributed by atoms with E-state index in [2.05, 4.69) is 30.7 Å². The summed E-state index contributed by atoms with van der Waals surface area (Å²) in [5.41, 5.74) is 11.0. The Morgan fingerprint density at radius 2 is 2.09 bits per heavy atom. The minimum Gasteiger partial charge on any atom is -0.355 e. The molecule has 0 unspecified atom stereocenters. The van der Waals surface area contributed by atoms with Gasteiger partial charge in [0, 0.05) is 53.3 Å². The molecule has 4 N–H and O–H groups in total. The Kier molecular flexibility index (Phi) is 3.95. The van der Waals surface area contributed by atoms with Crippen molar-refractivity contribution in [1.82, 2.24) is 35.3 Å². The number of nitrogens with two attached hydrogens (primary N) is 1. The predicted molar refractivity (Wildman–Crippen MR) is 129 cm³/mol. The molecule has 0 spiro atoms. The Hall–Kier alpha value is -3.08. The topological polar surface area (TPSA) is 125 Å². The summed E-state index contributed by atoms with van der Waals surface area (Å²) in [5.74, 6) is 1.86. The lowest BCUT2D eigenvalue weighted by atomic mass is 10.0. The quantitative estimate of drug-likeness (QED) is 0.362. The number of aromatic nitrogens is 7. The van der Waals surface area contributed by atoms with Crippen LogP contribution in [0, 0.1) is 18.8 Å². The van der Waals surface area contributed by atoms with E-state index in [0.29, 0.717) is 40.3 Å². The summed E-state index contributed by atoms with van der Waals surface area (Å²) >= 11 is 8.37. The van der Waals surface area contributed by atoms with Crippen molar-refractivity contribution >= 4 is 50.8 Å². The fraction of sp³-hybridized carbons (Fsp3) is 0.318. The van der Waals surface area contributed by atoms with Crippen LogP contribution in [0.25, 0.3) is 33.3 Å². The first-order valence-corrected chi connectivity index (χ1v) is 12.1. The number of benzene rings is 1. The van der Waals surface area contributed by atoms with Crippen LogP contribution in [-0.4, -0.2) is 55.0 Å². The van der Waals surface area contributed by atoms with Gasteiger partial charge in [0.05, 0.1) is 16.7 Å². The predicted octanol–water partition coefficient (Wildman–Crippen LogP) is 3.28. The number of nitrogens with one attached hydrogen (secondary N) is 2. The molecule has 1 saturated heterocycles. The van der Waals surface area contributed by atoms with E-state index in [1.807, 2.05) is 25.3 Å². The highest BCUT2D eigenvalue weighted by Crippen LogP contribution is 2.63. The second kappa shape index (κ2) is 6.72. The summed E-state index contributed by atoms with van der Waals surface area (Å²) in [6.45, 7) is 4.49. The molecule has 1 aliphatic heterocycles. The van der Waals surface area contributed by atoms with Gasteiger partial charge in [-0.25, -0.2) is 15.0 Å². The van der Waals surface area contributed by atoms with E-state index in [0.717, 1.165) is 41.1 Å². The molecule has 2 aliphatic rings. The second-order valence-corrected chi connectivity index (χ2v) is 10.1. The molecule has 0 radical (unpaired) electrons. The van der Waals surface area contributed by atoms with Gasteiger partial charge in [-0.3, -0.25) is 10.2 Å². The average Bonchev–Trinajstić information content (AvgIpc) is 3.46. The van der Waals surface area contributed by atoms with Crippen molar-refractivity contribution in [2.24, 2.45) is 17.6 Å². The van der Waals surface area contributed by atoms with E-state index >= 15 is 0 Å². The maximum absolute atomic E-state index is 6.64. The minimum absolute atomic E-state index is 0.0244. The van der Waals surface area contributed by atoms with Gasteiger partial charge in [-0.15, -0.1) is 11.3 Å². The van der Waals surface area contributed by atoms with Gasteiger partial charge >= 0.3 is 0 Å². The monoisotopic (exact) mass is 477 g/mol. The maximum atomic E-state index is 6.64. The molecule has 5 aromatic rings. The lowest BCUT2D eigenvalue weighted by molar-refractivity contribution is 0.549. The molecule has 3 atom stereocenters. The molecule has 11 heteroatoms. The number of anilines is 1. The highest BCUT2D eigenvalue weighted by molar-refractivity contribution is 7.09. The Bertz CT molecular complexity index is 1520. The number of hydrogen-bond acceptors (Lipinski definition) is 8. The van der Waals surface area contributed by atoms with E-state index in [4.69, 9.17) is 32.3 Å². The first-order chi connectivity index (χ1) is 16.1. The molecule has 166 valence electrons. The van der Waals surface area contributed by atoms with Crippen LogP contribution in [0.15, 0.2) is 29.9 Å². The lowest BCUT2D eigenvalue weighted by Crippen LogP contribution is -2.35. The molecule has 7 rings (SSSR count). The highest BCUT2D eigenvalue weighted by Gasteiger charge is 2.69. The van der Waals surface area contributed by atoms with Crippen LogP contribution in [0.4, 0.5) is 5.82 Å². The normalized spacial score (nSPS) is 24.2. The minimum atomic E-state index is 0.0244. The van der Waals surface area contributed by atoms with Gasteiger partial charge in [0.1, 0.15) is 22.0 Å². The van der Waals surface area contributed by atoms with Gasteiger partial charge in [-0.2, -0.15) is 10.2 Å². The molecule has 1 aliphatic carbocycles. The molecule has 5 heterocycles. The van der Waals surface area contributed by atoms with Crippen molar-refractivity contribution in [3.8, 4) is 11.3 Å². The van der Waals surface area contributed by atoms with Crippen molar-refractivity contribution in [3.63, 3.8) is 0 Å². The van der Waals surface area contributed by atoms with Crippen LogP contribution in [0.5, 0.6) is 0 Å². The summed E-state index contributed by atoms with van der Waals surface area (Å²) in [5, 5.41) is 19.3. The van der Waals surface area contributed by atoms with Gasteiger partial charge in [0.25, 0.3) is 0 Å². The fourth-order valence-electron chi connectivity index (χ4n) is 5.50. The van der Waals surface area contributed by atoms with E-state index in [9.17, 15) is 0 Å². The summed E-state index contributed by atoms with van der Waals surface area (Å²) in [6.07, 6.45) is 3.61. The zero-order valence-electron chi connectivity index (χ0n) is 17.7. The van der Waals surface area contributed by atoms with Crippen LogP contribution in [0.2, 0.25) is 5.02 Å². The number of rotatable bonds is 4. The third kappa shape index (κ3) is 2.59. The van der Waals surface area contributed by atoms with Crippen LogP contribution in [-0.2, 0) is 5.41 Å². The Balaban J connectivity index is 1.18. The van der Waals surface area contributed by atoms with Gasteiger partial charge < -0.3 is 10.6 Å². The number of hydrogen-bond donors (Lipinski definition) is 3. The van der Waals surface area contributed by atoms with Crippen molar-refractivity contribution in [1.29, 1.82) is 0 Å². The lowest BCUT2D eigenvalue weighted by Gasteiger charge is -2.25. The van der Waals surface area contributed by atoms with E-state index in [-0.39, 0.29) is 5.41 Å². The molecular formula is C22H20ClN9S. The summed E-state index contributed by atoms with van der Waals surface area (Å²) < 4.78 is 0. The molecule has 1 saturated carbocycles. The third-order valence-electron chi connectivity index (χ3n) is 7.28. The van der Waals surface area contributed by atoms with Crippen molar-refractivity contribution in [2.45, 2.75) is 12.3 Å². The molecular weight excluding hydrogens is 458 g/mol. The molecule has 0 bridgehead atoms. The van der Waals surface area contributed by atoms with Crippen LogP contribution in [0.3, 0.4) is 0 Å². The van der Waals surface area contributed by atoms with Gasteiger partial charge in [-0.1, -0.05) is 11.6 Å². The number of fused-ring (bicyclic) bond motifs is 3. The molecule has 4 aromatic heterocycles. The number of piperidine rings is 1. The number of halogens is 1. The number of aryl methyl sites for hydroxylation is 1. The molecule has 2 fully saturated rings. The first kappa shape index (κ1) is 19.4. The molecule has 33 heavy (non-hydrogen) atoms. The standard InChI is InChI=1S/C22H20ClN9S/c1-10-8-33-21(27-10)22(9-24)13-6-32(7-14(13)22)16-5-25-19-18(30-31-20(19)28-16)11-2-3-15-12(17(11)23)4-26-29-15/h2-5,8,13-14H,6-7,9,24H2,1H3,(H,26,29)(H,28,30,31)/t13-,14+,22-. The zero-order chi connectivity index (χ0) is 22.3. The summed E-state index contributed by atoms with van der Waals surface area (Å²) in [7, 11) is 0. The molecule has 0 amide bonds. The Morgan fingerprint density at radius 1 is 1.24 bits per heavy atom. The van der Waals surface area contributed by atoms with Gasteiger partial charge in [0.2, 0.25) is 0 Å². The van der Waals surface area contributed by atoms with E-state index in [1.165, 1.54) is 5.01 Å². The number of aromatic amines is 2. The van der Waals surface area contributed by atoms with Crippen molar-refractivity contribution in [2.75, 3.05) is 24.5 Å². The molecule has 1 aromatic carbocycles. The average molecular weight is 478 g/mol. The maximum Gasteiger partial charge on any atom is 0.177 e. The number of thiazole rings is 1. The number of H-pyrrole nitrogens is 2. The van der Waals surface area contributed by atoms with Crippen LogP contribution >= 0.6 is 22.9 Å². The SMILES string of the molecule is Cc1csc([C@]2(CN)[C@@H]3CN(c4cnc5c(-c6ccc7n[nH]cc7c6Cl)n[nH]c5n4)C[C@@H]32)n1. The van der Waals surface area contributed by atoms with Crippen molar-refractivity contribution < 1.29 is 0 Å². The largest absolute Gasteiger partial charge is 0.355 e. The molecule has 9 nitrogen and oxygen atoms in total. The second-order valence-electron chi connectivity index (χ2n) is 8.90. The van der Waals surface area contributed by atoms with Crippen LogP contribution < -0.4 is 10.6 Å². The smallest absolute Gasteiger partial charge is 0.177 e. The number of nitrogens with zero attached hydrogens (tertiary/aromatic N) is 6. The highest BCUT2D eigenvalue weighted by atomic mass is 35.5. The Morgan fingerprint density at radius 3 is 2.85 bits per heavy atom. The Labute approximate surface area is 197 Å². The van der Waals surface area contributed by atoms with Gasteiger partial charge in [0.15, 0.2) is 5.65 Å². The fourth-order valence-corrected chi connectivity index (χ4v) is 6.94. The van der Waals surface area contributed by atoms with Crippen molar-refractivity contribution in [3.05, 3.63) is 45.6 Å². The van der Waals surface area contributed by atoms with E-state index in [1.54, 1.807) is 17.5 Å². The first-order valence-electron chi connectivity index (χ1n) is 10.8. The summed E-state index contributed by atoms with van der Waals surface area (Å²) in [6, 6.07) is 3.83. The zero-order valence-corrected chi connectivity index (χ0v) is 19.3. The van der Waals surface area contributed by atoms with Gasteiger partial charge in [-0.05, 0) is 30.9 Å². The third-order valence-corrected chi connectivity index (χ3v) is 8.84. The summed E-state index contributed by atoms with van der Waals surface area (Å²) in [4.78, 5) is 16.6. The van der Waals surface area contributed by atoms with E-state index < -0.39 is 0 Å². The van der Waals surface area contributed by atoms with Crippen LogP contribution in [0.1, 0.15) is 10.7 Å².